The number of hydrogen-bond donors (Lipinski definition) is 3. The van der Waals surface area contributed by atoms with E-state index in [0.717, 1.165) is 30.6 Å². The lowest BCUT2D eigenvalue weighted by atomic mass is 9.84. The number of Topliss-reactive ketones (excluding diaryl/α,β-unsaturated/α-hetero) is 2. The number of ketones is 2. The average molecular weight is 754 g/mol. The van der Waals surface area contributed by atoms with Gasteiger partial charge in [-0.25, -0.2) is 9.78 Å². The second-order valence-corrected chi connectivity index (χ2v) is 16.5. The molecule has 9 atom stereocenters. The van der Waals surface area contributed by atoms with Gasteiger partial charge < -0.3 is 39.8 Å². The normalized spacial score (nSPS) is 28.8. The van der Waals surface area contributed by atoms with E-state index >= 15 is 0 Å². The number of hydrogen-bond acceptors (Lipinski definition) is 12. The third-order valence-corrected chi connectivity index (χ3v) is 12.7. The Morgan fingerprint density at radius 1 is 1.04 bits per heavy atom. The van der Waals surface area contributed by atoms with Crippen LogP contribution in [0.15, 0.2) is 24.3 Å². The van der Waals surface area contributed by atoms with E-state index in [4.69, 9.17) is 18.9 Å². The van der Waals surface area contributed by atoms with E-state index in [1.807, 2.05) is 24.3 Å². The van der Waals surface area contributed by atoms with Gasteiger partial charge in [0.15, 0.2) is 17.1 Å². The van der Waals surface area contributed by atoms with Crippen LogP contribution in [0, 0.1) is 29.6 Å². The van der Waals surface area contributed by atoms with Crippen LogP contribution in [-0.4, -0.2) is 116 Å². The Hall–Kier alpha value is -3.50. The molecule has 0 radical (unpaired) electrons. The maximum absolute atomic E-state index is 14.4. The molecule has 3 amide bonds. The van der Waals surface area contributed by atoms with Crippen LogP contribution in [0.1, 0.15) is 68.6 Å². The van der Waals surface area contributed by atoms with E-state index in [2.05, 4.69) is 39.7 Å². The van der Waals surface area contributed by atoms with Crippen molar-refractivity contribution in [3.05, 3.63) is 29.3 Å². The van der Waals surface area contributed by atoms with Gasteiger partial charge in [0.1, 0.15) is 6.10 Å². The summed E-state index contributed by atoms with van der Waals surface area (Å²) in [6.07, 6.45) is 1.60. The molecule has 6 heterocycles. The molecule has 2 aromatic rings. The summed E-state index contributed by atoms with van der Waals surface area (Å²) in [7, 11) is 0. The Bertz CT molecular complexity index is 1630. The molecule has 5 aliphatic rings. The predicted octanol–water partition coefficient (Wildman–Crippen LogP) is 3.08. The molecule has 0 aliphatic carbocycles. The third-order valence-electron chi connectivity index (χ3n) is 11.6. The molecule has 0 saturated carbocycles. The topological polar surface area (TPSA) is 174 Å². The van der Waals surface area contributed by atoms with Crippen LogP contribution in [0.25, 0.3) is 10.2 Å². The number of para-hydroxylation sites is 1. The van der Waals surface area contributed by atoms with Gasteiger partial charge in [-0.2, -0.15) is 0 Å². The highest BCUT2D eigenvalue weighted by Gasteiger charge is 2.45. The fourth-order valence-corrected chi connectivity index (χ4v) is 9.46. The monoisotopic (exact) mass is 753 g/mol. The summed E-state index contributed by atoms with van der Waals surface area (Å²) in [5, 5.41) is 8.94. The molecule has 7 rings (SSSR count). The summed E-state index contributed by atoms with van der Waals surface area (Å²) < 4.78 is 23.4. The second kappa shape index (κ2) is 16.9. The van der Waals surface area contributed by atoms with Gasteiger partial charge in [-0.1, -0.05) is 12.1 Å². The van der Waals surface area contributed by atoms with Crippen molar-refractivity contribution >= 4 is 51.0 Å². The van der Waals surface area contributed by atoms with E-state index < -0.39 is 42.0 Å². The Labute approximate surface area is 313 Å². The highest BCUT2D eigenvalue weighted by molar-refractivity contribution is 7.20. The van der Waals surface area contributed by atoms with Crippen LogP contribution in [0.5, 0.6) is 0 Å². The van der Waals surface area contributed by atoms with Gasteiger partial charge in [0.2, 0.25) is 17.6 Å². The quantitative estimate of drug-likeness (QED) is 0.228. The van der Waals surface area contributed by atoms with Crippen molar-refractivity contribution in [2.45, 2.75) is 89.3 Å². The van der Waals surface area contributed by atoms with Gasteiger partial charge in [-0.3, -0.25) is 19.2 Å². The number of aromatic nitrogens is 1. The molecule has 5 unspecified atom stereocenters. The number of rotatable bonds is 15. The van der Waals surface area contributed by atoms with E-state index in [1.54, 1.807) is 0 Å². The number of ether oxygens (including phenoxy) is 4. The first-order chi connectivity index (χ1) is 25.6. The number of thiazole rings is 1. The lowest BCUT2D eigenvalue weighted by molar-refractivity contribution is -0.131. The molecule has 15 heteroatoms. The largest absolute Gasteiger partial charge is 0.443 e. The Morgan fingerprint density at radius 3 is 2.62 bits per heavy atom. The average Bonchev–Trinajstić information content (AvgIpc) is 3.99. The van der Waals surface area contributed by atoms with Crippen LogP contribution in [-0.2, 0) is 33.3 Å². The third kappa shape index (κ3) is 8.91. The Kier molecular flexibility index (Phi) is 12.0. The molecule has 1 aromatic carbocycles. The molecule has 5 aliphatic heterocycles. The summed E-state index contributed by atoms with van der Waals surface area (Å²) in [5.41, 5.74) is 0.689. The summed E-state index contributed by atoms with van der Waals surface area (Å²) >= 11 is 1.26. The maximum atomic E-state index is 14.4. The summed E-state index contributed by atoms with van der Waals surface area (Å²) in [6.45, 7) is 8.02. The van der Waals surface area contributed by atoms with Gasteiger partial charge in [0.05, 0.1) is 48.0 Å². The second-order valence-electron chi connectivity index (χ2n) is 15.5. The van der Waals surface area contributed by atoms with E-state index in [1.165, 1.54) is 11.3 Å². The highest BCUT2D eigenvalue weighted by Crippen LogP contribution is 2.34. The van der Waals surface area contributed by atoms with Crippen molar-refractivity contribution in [1.29, 1.82) is 0 Å². The maximum Gasteiger partial charge on any atom is 0.408 e. The predicted molar refractivity (Wildman–Crippen MR) is 194 cm³/mol. The molecular formula is C38H51N5O9S. The molecule has 53 heavy (non-hydrogen) atoms. The standard InChI is InChI=1S/C38H51N5O9S/c1-21(2)43-12-8-22(18-43)15-25(17-29(44)32(24-9-13-49-19-24)42-38(48)52-30-20-51-37-26(30)10-14-50-37)35(47)40-28(16-23-7-11-39-34(23)46)33(45)36-41-27-5-3-4-6-31(27)53-36/h3-6,21-26,28,30,32,37H,7-20H2,1-2H3,(H,39,46)(H,40,47)(H,42,48)/t22?,23-,24?,25+,26?,28-,30?,32-,37?/m0/s1. The number of benzene rings is 1. The van der Waals surface area contributed by atoms with Crippen LogP contribution in [0.4, 0.5) is 4.79 Å². The van der Waals surface area contributed by atoms with Crippen LogP contribution in [0.3, 0.4) is 0 Å². The molecule has 288 valence electrons. The summed E-state index contributed by atoms with van der Waals surface area (Å²) in [6, 6.07) is 5.88. The van der Waals surface area contributed by atoms with E-state index in [0.29, 0.717) is 57.2 Å². The molecule has 5 saturated heterocycles. The van der Waals surface area contributed by atoms with Gasteiger partial charge >= 0.3 is 6.09 Å². The van der Waals surface area contributed by atoms with Gasteiger partial charge in [-0.05, 0) is 77.0 Å². The first kappa shape index (κ1) is 37.8. The van der Waals surface area contributed by atoms with Crippen LogP contribution < -0.4 is 16.0 Å². The van der Waals surface area contributed by atoms with Crippen LogP contribution in [0.2, 0.25) is 0 Å². The summed E-state index contributed by atoms with van der Waals surface area (Å²) in [4.78, 5) is 75.8. The molecule has 5 fully saturated rings. The highest BCUT2D eigenvalue weighted by atomic mass is 32.1. The van der Waals surface area contributed by atoms with Crippen molar-refractivity contribution in [2.75, 3.05) is 46.1 Å². The smallest absolute Gasteiger partial charge is 0.408 e. The SMILES string of the molecule is CC(C)N1CCC(C[C@H](CC(=O)[C@@H](NC(=O)OC2COC3OCCC23)C2CCOC2)C(=O)N[C@@H](C[C@@H]2CCNC2=O)C(=O)c2nc3ccccc3s2)C1. The lowest BCUT2D eigenvalue weighted by Gasteiger charge is -2.28. The van der Waals surface area contributed by atoms with Crippen molar-refractivity contribution in [2.24, 2.45) is 29.6 Å². The van der Waals surface area contributed by atoms with Crippen LogP contribution >= 0.6 is 11.3 Å². The number of carbonyl (C=O) groups is 5. The first-order valence-electron chi connectivity index (χ1n) is 19.2. The number of alkyl carbamates (subject to hydrolysis) is 1. The molecule has 1 aromatic heterocycles. The molecule has 3 N–H and O–H groups in total. The number of amides is 3. The van der Waals surface area contributed by atoms with Crippen molar-refractivity contribution in [3.63, 3.8) is 0 Å². The minimum absolute atomic E-state index is 0.0525. The lowest BCUT2D eigenvalue weighted by Crippen LogP contribution is -2.50. The number of likely N-dealkylation sites (tertiary alicyclic amines) is 1. The Morgan fingerprint density at radius 2 is 1.89 bits per heavy atom. The Balaban J connectivity index is 1.10. The molecular weight excluding hydrogens is 703 g/mol. The number of fused-ring (bicyclic) bond motifs is 2. The van der Waals surface area contributed by atoms with E-state index in [-0.39, 0.29) is 66.0 Å². The van der Waals surface area contributed by atoms with Crippen molar-refractivity contribution in [1.82, 2.24) is 25.8 Å². The zero-order valence-electron chi connectivity index (χ0n) is 30.5. The zero-order chi connectivity index (χ0) is 37.1. The number of nitrogens with one attached hydrogen (secondary N) is 3. The minimum Gasteiger partial charge on any atom is -0.443 e. The number of nitrogens with zero attached hydrogens (tertiary/aromatic N) is 2. The molecule has 14 nitrogen and oxygen atoms in total. The minimum atomic E-state index is -1.01. The fourth-order valence-electron chi connectivity index (χ4n) is 8.50. The van der Waals surface area contributed by atoms with Crippen molar-refractivity contribution < 1.29 is 42.9 Å². The summed E-state index contributed by atoms with van der Waals surface area (Å²) in [5.74, 6) is -2.59. The van der Waals surface area contributed by atoms with Gasteiger partial charge in [0.25, 0.3) is 0 Å². The molecule has 0 spiro atoms. The first-order valence-corrected chi connectivity index (χ1v) is 20.0. The fraction of sp³-hybridized carbons (Fsp3) is 0.684. The number of carbonyl (C=O) groups excluding carboxylic acids is 5. The van der Waals surface area contributed by atoms with Gasteiger partial charge in [-0.15, -0.1) is 11.3 Å². The van der Waals surface area contributed by atoms with Gasteiger partial charge in [0, 0.05) is 49.9 Å². The zero-order valence-corrected chi connectivity index (χ0v) is 31.3. The van der Waals surface area contributed by atoms with Crippen molar-refractivity contribution in [3.8, 4) is 0 Å². The van der Waals surface area contributed by atoms with E-state index in [9.17, 15) is 24.0 Å². The molecule has 0 bridgehead atoms.